The maximum atomic E-state index is 13.9. The summed E-state index contributed by atoms with van der Waals surface area (Å²) in [6, 6.07) is 0. The van der Waals surface area contributed by atoms with Crippen molar-refractivity contribution >= 4 is 55.7 Å². The predicted molar refractivity (Wildman–Crippen MR) is 210 cm³/mol. The van der Waals surface area contributed by atoms with Crippen LogP contribution in [-0.4, -0.2) is 94.2 Å². The minimum atomic E-state index is -4.45. The van der Waals surface area contributed by atoms with Crippen LogP contribution in [-0.2, 0) is 84.4 Å². The molecule has 4 saturated carbocycles. The van der Waals surface area contributed by atoms with Crippen LogP contribution < -0.4 is 0 Å². The summed E-state index contributed by atoms with van der Waals surface area (Å²) in [6.45, 7) is 0. The highest BCUT2D eigenvalue weighted by molar-refractivity contribution is 7.87. The molecular formula is C33H62O18P2S4. The minimum absolute atomic E-state index is 0.0451. The molecule has 18 nitrogen and oxygen atoms in total. The molecule has 4 aliphatic carbocycles. The third-order valence-electron chi connectivity index (χ3n) is 10.3. The zero-order valence-corrected chi connectivity index (χ0v) is 37.7. The van der Waals surface area contributed by atoms with Crippen molar-refractivity contribution in [2.75, 3.05) is 36.1 Å². The molecule has 0 saturated heterocycles. The van der Waals surface area contributed by atoms with Gasteiger partial charge in [0.2, 0.25) is 0 Å². The Hall–Kier alpha value is -0.0600. The van der Waals surface area contributed by atoms with Gasteiger partial charge in [0.05, 0.1) is 36.7 Å². The molecule has 0 aromatic heterocycles. The number of unbranched alkanes of at least 4 members (excludes halogenated alkanes) is 2. The first-order valence-corrected chi connectivity index (χ1v) is 30.0. The van der Waals surface area contributed by atoms with Gasteiger partial charge >= 0.3 is 15.2 Å². The molecule has 336 valence electrons. The Kier molecular flexibility index (Phi) is 20.4. The molecule has 4 rings (SSSR count). The molecule has 0 atom stereocenters. The molecule has 57 heavy (non-hydrogen) atoms. The fraction of sp³-hybridized carbons (Fsp3) is 1.00. The van der Waals surface area contributed by atoms with Gasteiger partial charge in [0.1, 0.15) is 0 Å². The van der Waals surface area contributed by atoms with Crippen molar-refractivity contribution in [3.63, 3.8) is 0 Å². The average Bonchev–Trinajstić information content (AvgIpc) is 3.16. The molecule has 24 heteroatoms. The predicted octanol–water partition coefficient (Wildman–Crippen LogP) is 7.16. The number of hydrogen-bond donors (Lipinski definition) is 0. The molecule has 0 radical (unpaired) electrons. The lowest BCUT2D eigenvalue weighted by Crippen LogP contribution is -2.25. The van der Waals surface area contributed by atoms with Gasteiger partial charge in [-0.1, -0.05) is 83.5 Å². The van der Waals surface area contributed by atoms with Crippen LogP contribution >= 0.6 is 15.2 Å². The fourth-order valence-electron chi connectivity index (χ4n) is 7.29. The van der Waals surface area contributed by atoms with Crippen LogP contribution in [0.25, 0.3) is 0 Å². The highest BCUT2D eigenvalue weighted by Gasteiger charge is 2.35. The Morgan fingerprint density at radius 1 is 0.333 bits per heavy atom. The van der Waals surface area contributed by atoms with Crippen molar-refractivity contribution in [1.29, 1.82) is 0 Å². The number of rotatable bonds is 26. The summed E-state index contributed by atoms with van der Waals surface area (Å²) in [5.41, 5.74) is 0. The van der Waals surface area contributed by atoms with Crippen LogP contribution in [0.15, 0.2) is 0 Å². The van der Waals surface area contributed by atoms with E-state index in [4.69, 9.17) is 34.8 Å². The lowest BCUT2D eigenvalue weighted by atomic mass is 9.98. The molecule has 0 unspecified atom stereocenters. The van der Waals surface area contributed by atoms with E-state index in [9.17, 15) is 42.8 Å². The largest absolute Gasteiger partial charge is 0.332 e. The second-order valence-corrected chi connectivity index (χ2v) is 25.9. The van der Waals surface area contributed by atoms with Crippen LogP contribution in [0.3, 0.4) is 0 Å². The molecule has 0 aromatic rings. The third-order valence-corrected chi connectivity index (χ3v) is 18.7. The first-order chi connectivity index (χ1) is 26.8. The Bertz CT molecular complexity index is 1510. The summed E-state index contributed by atoms with van der Waals surface area (Å²) in [5, 5.41) is 0. The van der Waals surface area contributed by atoms with Gasteiger partial charge in [-0.15, -0.1) is 0 Å². The first kappa shape index (κ1) is 49.6. The van der Waals surface area contributed by atoms with E-state index in [0.717, 1.165) is 77.0 Å². The second-order valence-electron chi connectivity index (χ2n) is 15.4. The van der Waals surface area contributed by atoms with Crippen molar-refractivity contribution < 1.29 is 77.6 Å². The van der Waals surface area contributed by atoms with Gasteiger partial charge in [-0.3, -0.25) is 44.0 Å². The zero-order chi connectivity index (χ0) is 41.5. The number of hydrogen-bond acceptors (Lipinski definition) is 18. The fourth-order valence-corrected chi connectivity index (χ4v) is 16.5. The zero-order valence-electron chi connectivity index (χ0n) is 32.7. The lowest BCUT2D eigenvalue weighted by Gasteiger charge is -2.24. The molecule has 0 amide bonds. The Labute approximate surface area is 340 Å². The minimum Gasteiger partial charge on any atom is -0.290 e. The van der Waals surface area contributed by atoms with E-state index < -0.39 is 116 Å². The van der Waals surface area contributed by atoms with Gasteiger partial charge < -0.3 is 0 Å². The molecule has 4 aliphatic rings. The van der Waals surface area contributed by atoms with Gasteiger partial charge in [0.25, 0.3) is 40.5 Å². The Morgan fingerprint density at radius 2 is 0.544 bits per heavy atom. The van der Waals surface area contributed by atoms with Gasteiger partial charge in [-0.05, 0) is 64.2 Å². The van der Waals surface area contributed by atoms with E-state index in [1.165, 1.54) is 0 Å². The first-order valence-electron chi connectivity index (χ1n) is 20.2. The highest BCUT2D eigenvalue weighted by Crippen LogP contribution is 2.52. The van der Waals surface area contributed by atoms with Crippen molar-refractivity contribution in [1.82, 2.24) is 0 Å². The maximum Gasteiger partial charge on any atom is 0.332 e. The van der Waals surface area contributed by atoms with E-state index in [0.29, 0.717) is 51.4 Å². The van der Waals surface area contributed by atoms with E-state index in [1.807, 2.05) is 0 Å². The molecule has 4 fully saturated rings. The van der Waals surface area contributed by atoms with Crippen molar-refractivity contribution in [2.45, 2.75) is 172 Å². The summed E-state index contributed by atoms with van der Waals surface area (Å²) >= 11 is 0. The van der Waals surface area contributed by atoms with Crippen molar-refractivity contribution in [2.24, 2.45) is 0 Å². The topological polar surface area (TPSA) is 245 Å². The summed E-state index contributed by atoms with van der Waals surface area (Å²) in [6.07, 6.45) is 11.2. The molecular weight excluding hydrogens is 875 g/mol. The maximum absolute atomic E-state index is 13.9. The summed E-state index contributed by atoms with van der Waals surface area (Å²) in [4.78, 5) is 0. The summed E-state index contributed by atoms with van der Waals surface area (Å²) in [7, 11) is -26.3. The molecule has 0 N–H and O–H groups in total. The van der Waals surface area contributed by atoms with E-state index in [2.05, 4.69) is 0 Å². The van der Waals surface area contributed by atoms with Crippen LogP contribution in [0.2, 0.25) is 0 Å². The Balaban J connectivity index is 1.36. The van der Waals surface area contributed by atoms with E-state index in [1.54, 1.807) is 0 Å². The van der Waals surface area contributed by atoms with Gasteiger partial charge in [-0.25, -0.2) is 0 Å². The normalized spacial score (nSPS) is 21.2. The summed E-state index contributed by atoms with van der Waals surface area (Å²) in [5.74, 6) is -4.63. The Morgan fingerprint density at radius 3 is 0.754 bits per heavy atom. The highest BCUT2D eigenvalue weighted by atomic mass is 32.2. The van der Waals surface area contributed by atoms with E-state index >= 15 is 0 Å². The van der Waals surface area contributed by atoms with Crippen LogP contribution in [0.1, 0.15) is 148 Å². The molecule has 0 aromatic carbocycles. The molecule has 0 aliphatic heterocycles. The smallest absolute Gasteiger partial charge is 0.290 e. The standard InChI is InChI=1S/C33H62O18P2S4/c34-52(44-26-54(36,37)48-30-16-6-1-7-17-30,45-27-55(38,39)49-31-18-8-2-9-19-31)24-14-5-15-25-53(35,46-28-56(40,41)50-32-20-10-3-11-21-32)47-29-57(42,43)51-33-22-12-4-13-23-33/h30-33H,1-29H2. The third kappa shape index (κ3) is 20.1. The molecule has 0 bridgehead atoms. The quantitative estimate of drug-likeness (QED) is 0.0474. The molecule has 0 heterocycles. The van der Waals surface area contributed by atoms with Gasteiger partial charge in [0, 0.05) is 0 Å². The van der Waals surface area contributed by atoms with Crippen LogP contribution in [0.4, 0.5) is 0 Å². The van der Waals surface area contributed by atoms with Crippen molar-refractivity contribution in [3.8, 4) is 0 Å². The van der Waals surface area contributed by atoms with Crippen molar-refractivity contribution in [3.05, 3.63) is 0 Å². The molecule has 0 spiro atoms. The van der Waals surface area contributed by atoms with Crippen LogP contribution in [0.5, 0.6) is 0 Å². The average molecular weight is 937 g/mol. The summed E-state index contributed by atoms with van der Waals surface area (Å²) < 4.78 is 172. The SMILES string of the molecule is O=P(CCCCCP(=O)(OCS(=O)(=O)OC1CCCCC1)OCS(=O)(=O)OC1CCCCC1)(OCS(=O)(=O)OC1CCCCC1)OCS(=O)(=O)OC1CCCCC1. The van der Waals surface area contributed by atoms with Gasteiger partial charge in [-0.2, -0.15) is 33.7 Å². The van der Waals surface area contributed by atoms with Crippen LogP contribution in [0, 0.1) is 0 Å². The van der Waals surface area contributed by atoms with E-state index in [-0.39, 0.29) is 19.3 Å². The monoisotopic (exact) mass is 936 g/mol. The lowest BCUT2D eigenvalue weighted by molar-refractivity contribution is 0.148. The second kappa shape index (κ2) is 23.4. The van der Waals surface area contributed by atoms with Gasteiger partial charge in [0.15, 0.2) is 23.8 Å².